The van der Waals surface area contributed by atoms with Crippen molar-refractivity contribution < 1.29 is 23.4 Å². The van der Waals surface area contributed by atoms with Crippen LogP contribution < -0.4 is 10.5 Å². The van der Waals surface area contributed by atoms with E-state index in [0.29, 0.717) is 5.56 Å². The summed E-state index contributed by atoms with van der Waals surface area (Å²) in [6, 6.07) is 3.36. The van der Waals surface area contributed by atoms with Crippen LogP contribution in [0.3, 0.4) is 0 Å². The molecule has 0 unspecified atom stereocenters. The number of nitrogens with two attached hydrogens (primary N) is 1. The van der Waals surface area contributed by atoms with E-state index in [-0.39, 0.29) is 16.5 Å². The first kappa shape index (κ1) is 15.0. The van der Waals surface area contributed by atoms with Crippen LogP contribution in [0.2, 0.25) is 0 Å². The second-order valence-electron chi connectivity index (χ2n) is 5.72. The number of aromatic hydroxyl groups is 1. The van der Waals surface area contributed by atoms with Gasteiger partial charge in [0.15, 0.2) is 11.6 Å². The Morgan fingerprint density at radius 3 is 2.43 bits per heavy atom. The van der Waals surface area contributed by atoms with E-state index in [1.807, 2.05) is 20.8 Å². The fourth-order valence-electron chi connectivity index (χ4n) is 2.37. The maximum atomic E-state index is 14.0. The van der Waals surface area contributed by atoms with Crippen molar-refractivity contribution in [3.05, 3.63) is 35.4 Å². The Morgan fingerprint density at radius 1 is 1.29 bits per heavy atom. The van der Waals surface area contributed by atoms with Crippen molar-refractivity contribution in [3.8, 4) is 11.5 Å². The highest BCUT2D eigenvalue weighted by Crippen LogP contribution is 2.43. The van der Waals surface area contributed by atoms with E-state index in [9.17, 15) is 18.7 Å². The van der Waals surface area contributed by atoms with E-state index in [1.54, 1.807) is 0 Å². The molecule has 2 rings (SSSR count). The molecule has 6 heteroatoms. The lowest BCUT2D eigenvalue weighted by Crippen LogP contribution is -2.21. The van der Waals surface area contributed by atoms with E-state index >= 15 is 0 Å². The number of fused-ring (bicyclic) bond motifs is 1. The van der Waals surface area contributed by atoms with Crippen LogP contribution in [-0.4, -0.2) is 11.2 Å². The standard InChI is InChI=1S/C15H15F2NO3/c1-15(2,3)12-7-4-5-8(16)13(17)11(7)9(19)6-10(12)21-14(18)20/h4-6,19H,1-3H3,(H2,18,20). The molecule has 0 radical (unpaired) electrons. The van der Waals surface area contributed by atoms with Gasteiger partial charge in [0, 0.05) is 11.6 Å². The van der Waals surface area contributed by atoms with E-state index in [0.717, 1.165) is 12.1 Å². The van der Waals surface area contributed by atoms with Crippen LogP contribution in [0.1, 0.15) is 26.3 Å². The number of primary amides is 1. The van der Waals surface area contributed by atoms with Gasteiger partial charge in [0.1, 0.15) is 11.5 Å². The largest absolute Gasteiger partial charge is 0.507 e. The number of halogens is 2. The van der Waals surface area contributed by atoms with Crippen LogP contribution in [0.25, 0.3) is 10.8 Å². The molecule has 0 spiro atoms. The number of ether oxygens (including phenoxy) is 1. The fraction of sp³-hybridized carbons (Fsp3) is 0.267. The molecule has 1 amide bonds. The zero-order chi connectivity index (χ0) is 15.9. The Balaban J connectivity index is 2.95. The predicted octanol–water partition coefficient (Wildman–Crippen LogP) is 3.58. The third-order valence-corrected chi connectivity index (χ3v) is 3.10. The Hall–Kier alpha value is -2.37. The van der Waals surface area contributed by atoms with Crippen molar-refractivity contribution in [2.45, 2.75) is 26.2 Å². The first-order valence-corrected chi connectivity index (χ1v) is 6.24. The Bertz CT molecular complexity index is 736. The number of hydrogen-bond acceptors (Lipinski definition) is 3. The van der Waals surface area contributed by atoms with Gasteiger partial charge in [-0.1, -0.05) is 26.8 Å². The topological polar surface area (TPSA) is 72.5 Å². The summed E-state index contributed by atoms with van der Waals surface area (Å²) in [7, 11) is 0. The second kappa shape index (κ2) is 4.87. The molecule has 2 aromatic rings. The summed E-state index contributed by atoms with van der Waals surface area (Å²) in [6.45, 7) is 5.44. The Kier molecular flexibility index (Phi) is 3.49. The normalized spacial score (nSPS) is 11.7. The van der Waals surface area contributed by atoms with Crippen LogP contribution in [0.15, 0.2) is 18.2 Å². The number of benzene rings is 2. The number of hydrogen-bond donors (Lipinski definition) is 2. The van der Waals surface area contributed by atoms with Gasteiger partial charge in [-0.15, -0.1) is 0 Å². The summed E-state index contributed by atoms with van der Waals surface area (Å²) in [5.41, 5.74) is 4.91. The number of phenols is 1. The predicted molar refractivity (Wildman–Crippen MR) is 74.4 cm³/mol. The molecule has 0 atom stereocenters. The summed E-state index contributed by atoms with van der Waals surface area (Å²) < 4.78 is 32.2. The van der Waals surface area contributed by atoms with Gasteiger partial charge in [0.2, 0.25) is 0 Å². The molecule has 3 N–H and O–H groups in total. The molecule has 112 valence electrons. The molecule has 0 aliphatic heterocycles. The van der Waals surface area contributed by atoms with Gasteiger partial charge >= 0.3 is 6.09 Å². The number of phenolic OH excluding ortho intramolecular Hbond substituents is 1. The average molecular weight is 295 g/mol. The zero-order valence-electron chi connectivity index (χ0n) is 11.8. The van der Waals surface area contributed by atoms with Crippen molar-refractivity contribution in [2.24, 2.45) is 5.73 Å². The summed E-state index contributed by atoms with van der Waals surface area (Å²) in [4.78, 5) is 11.0. The van der Waals surface area contributed by atoms with Crippen LogP contribution in [0, 0.1) is 11.6 Å². The van der Waals surface area contributed by atoms with Gasteiger partial charge in [-0.3, -0.25) is 0 Å². The molecule has 0 saturated heterocycles. The summed E-state index contributed by atoms with van der Waals surface area (Å²) in [5.74, 6) is -2.72. The maximum absolute atomic E-state index is 14.0. The molecule has 0 aliphatic carbocycles. The highest BCUT2D eigenvalue weighted by molar-refractivity contribution is 5.94. The molecule has 0 aromatic heterocycles. The molecule has 0 fully saturated rings. The Labute approximate surface area is 120 Å². The highest BCUT2D eigenvalue weighted by atomic mass is 19.2. The summed E-state index contributed by atoms with van der Waals surface area (Å²) in [6.07, 6.45) is -1.05. The molecule has 21 heavy (non-hydrogen) atoms. The van der Waals surface area contributed by atoms with Gasteiger partial charge < -0.3 is 15.6 Å². The number of carbonyl (C=O) groups excluding carboxylic acids is 1. The molecular weight excluding hydrogens is 280 g/mol. The van der Waals surface area contributed by atoms with Crippen LogP contribution in [-0.2, 0) is 5.41 Å². The third-order valence-electron chi connectivity index (χ3n) is 3.10. The van der Waals surface area contributed by atoms with Gasteiger partial charge in [-0.2, -0.15) is 0 Å². The minimum atomic E-state index is -1.15. The molecule has 0 saturated carbocycles. The zero-order valence-corrected chi connectivity index (χ0v) is 11.8. The van der Waals surface area contributed by atoms with E-state index in [1.165, 1.54) is 6.07 Å². The van der Waals surface area contributed by atoms with Crippen molar-refractivity contribution in [1.82, 2.24) is 0 Å². The summed E-state index contributed by atoms with van der Waals surface area (Å²) >= 11 is 0. The van der Waals surface area contributed by atoms with Gasteiger partial charge in [0.05, 0.1) is 5.39 Å². The molecule has 0 bridgehead atoms. The molecule has 4 nitrogen and oxygen atoms in total. The number of amides is 1. The minimum Gasteiger partial charge on any atom is -0.507 e. The number of rotatable bonds is 1. The van der Waals surface area contributed by atoms with Crippen molar-refractivity contribution in [1.29, 1.82) is 0 Å². The smallest absolute Gasteiger partial charge is 0.409 e. The fourth-order valence-corrected chi connectivity index (χ4v) is 2.37. The summed E-state index contributed by atoms with van der Waals surface area (Å²) in [5, 5.41) is 9.93. The maximum Gasteiger partial charge on any atom is 0.409 e. The molecule has 2 aromatic carbocycles. The van der Waals surface area contributed by atoms with E-state index in [4.69, 9.17) is 10.5 Å². The van der Waals surface area contributed by atoms with Crippen molar-refractivity contribution in [2.75, 3.05) is 0 Å². The van der Waals surface area contributed by atoms with Gasteiger partial charge in [-0.25, -0.2) is 13.6 Å². The lowest BCUT2D eigenvalue weighted by atomic mass is 9.82. The molecular formula is C15H15F2NO3. The third kappa shape index (κ3) is 2.61. The first-order chi connectivity index (χ1) is 9.62. The molecule has 0 heterocycles. The monoisotopic (exact) mass is 295 g/mol. The average Bonchev–Trinajstić information content (AvgIpc) is 2.31. The SMILES string of the molecule is CC(C)(C)c1c(OC(N)=O)cc(O)c2c(F)c(F)ccc12. The van der Waals surface area contributed by atoms with Crippen molar-refractivity contribution in [3.63, 3.8) is 0 Å². The van der Waals surface area contributed by atoms with E-state index < -0.39 is 28.9 Å². The number of carbonyl (C=O) groups is 1. The van der Waals surface area contributed by atoms with Crippen LogP contribution >= 0.6 is 0 Å². The van der Waals surface area contributed by atoms with Crippen LogP contribution in [0.4, 0.5) is 13.6 Å². The van der Waals surface area contributed by atoms with Gasteiger partial charge in [-0.05, 0) is 16.9 Å². The first-order valence-electron chi connectivity index (χ1n) is 6.24. The Morgan fingerprint density at radius 2 is 1.90 bits per heavy atom. The lowest BCUT2D eigenvalue weighted by molar-refractivity contribution is 0.210. The highest BCUT2D eigenvalue weighted by Gasteiger charge is 2.27. The van der Waals surface area contributed by atoms with E-state index in [2.05, 4.69) is 0 Å². The van der Waals surface area contributed by atoms with Gasteiger partial charge in [0.25, 0.3) is 0 Å². The lowest BCUT2D eigenvalue weighted by Gasteiger charge is -2.24. The quantitative estimate of drug-likeness (QED) is 0.844. The molecule has 0 aliphatic rings. The minimum absolute atomic E-state index is 0.0195. The second-order valence-corrected chi connectivity index (χ2v) is 5.72. The van der Waals surface area contributed by atoms with Crippen LogP contribution in [0.5, 0.6) is 11.5 Å². The van der Waals surface area contributed by atoms with Crippen molar-refractivity contribution >= 4 is 16.9 Å².